The smallest absolute Gasteiger partial charge is 0.244 e. The summed E-state index contributed by atoms with van der Waals surface area (Å²) in [5.41, 5.74) is 1.18. The minimum absolute atomic E-state index is 0.165. The zero-order valence-corrected chi connectivity index (χ0v) is 23.1. The van der Waals surface area contributed by atoms with E-state index < -0.39 is 28.5 Å². The van der Waals surface area contributed by atoms with Crippen molar-refractivity contribution in [2.75, 3.05) is 23.7 Å². The molecule has 180 valence electrons. The second-order valence-corrected chi connectivity index (χ2v) is 12.0. The Hall–Kier alpha value is -1.91. The van der Waals surface area contributed by atoms with Crippen LogP contribution in [0.2, 0.25) is 0 Å². The molecule has 7 nitrogen and oxygen atoms in total. The van der Waals surface area contributed by atoms with Crippen molar-refractivity contribution in [1.29, 1.82) is 0 Å². The van der Waals surface area contributed by atoms with Gasteiger partial charge in [0, 0.05) is 22.0 Å². The molecule has 0 aliphatic carbocycles. The molecule has 0 aliphatic rings. The largest absolute Gasteiger partial charge is 0.354 e. The Morgan fingerprint density at radius 3 is 2.18 bits per heavy atom. The maximum atomic E-state index is 13.4. The Bertz CT molecular complexity index is 1080. The predicted octanol–water partition coefficient (Wildman–Crippen LogP) is 4.17. The predicted molar refractivity (Wildman–Crippen MR) is 138 cm³/mol. The van der Waals surface area contributed by atoms with Crippen LogP contribution in [0.1, 0.15) is 26.3 Å². The summed E-state index contributed by atoms with van der Waals surface area (Å²) in [6, 6.07) is 13.3. The van der Waals surface area contributed by atoms with E-state index in [1.165, 1.54) is 4.90 Å². The number of halogens is 2. The average Bonchev–Trinajstić information content (AvgIpc) is 2.73. The van der Waals surface area contributed by atoms with E-state index in [1.807, 2.05) is 38.1 Å². The van der Waals surface area contributed by atoms with Crippen molar-refractivity contribution in [2.45, 2.75) is 33.4 Å². The number of carbonyl (C=O) groups is 2. The lowest BCUT2D eigenvalue weighted by atomic mass is 10.1. The van der Waals surface area contributed by atoms with Gasteiger partial charge in [0.1, 0.15) is 12.6 Å². The number of hydrogen-bond donors (Lipinski definition) is 1. The van der Waals surface area contributed by atoms with Gasteiger partial charge in [-0.3, -0.25) is 13.9 Å². The van der Waals surface area contributed by atoms with Gasteiger partial charge in [0.2, 0.25) is 21.8 Å². The fourth-order valence-corrected chi connectivity index (χ4v) is 4.56. The van der Waals surface area contributed by atoms with Crippen molar-refractivity contribution in [2.24, 2.45) is 5.92 Å². The molecule has 0 radical (unpaired) electrons. The van der Waals surface area contributed by atoms with Crippen LogP contribution >= 0.6 is 31.9 Å². The Balaban J connectivity index is 2.35. The zero-order chi connectivity index (χ0) is 24.8. The monoisotopic (exact) mass is 601 g/mol. The summed E-state index contributed by atoms with van der Waals surface area (Å²) in [5, 5.41) is 2.86. The molecule has 0 bridgehead atoms. The van der Waals surface area contributed by atoms with Gasteiger partial charge in [-0.1, -0.05) is 63.9 Å². The average molecular weight is 603 g/mol. The van der Waals surface area contributed by atoms with Gasteiger partial charge in [-0.2, -0.15) is 0 Å². The highest BCUT2D eigenvalue weighted by molar-refractivity contribution is 9.10. The number of benzene rings is 2. The van der Waals surface area contributed by atoms with E-state index in [9.17, 15) is 18.0 Å². The molecule has 0 spiro atoms. The van der Waals surface area contributed by atoms with Crippen LogP contribution in [0.5, 0.6) is 0 Å². The van der Waals surface area contributed by atoms with Crippen molar-refractivity contribution < 1.29 is 18.0 Å². The molecule has 1 N–H and O–H groups in total. The van der Waals surface area contributed by atoms with Crippen molar-refractivity contribution in [1.82, 2.24) is 10.2 Å². The quantitative estimate of drug-likeness (QED) is 0.442. The number of carbonyl (C=O) groups excluding carboxylic acids is 2. The van der Waals surface area contributed by atoms with E-state index in [4.69, 9.17) is 0 Å². The van der Waals surface area contributed by atoms with Gasteiger partial charge in [0.05, 0.1) is 11.9 Å². The molecule has 2 amide bonds. The first-order valence-electron chi connectivity index (χ1n) is 10.4. The molecule has 2 aromatic rings. The standard InChI is InChI=1S/C23H29Br2N3O4S/c1-16(2)13-26-23(30)17(3)27(14-18-8-10-19(24)11-9-18)22(29)15-28(33(4,31)32)21-7-5-6-20(25)12-21/h5-12,16-17H,13-15H2,1-4H3,(H,26,30). The summed E-state index contributed by atoms with van der Waals surface area (Å²) in [6.07, 6.45) is 1.05. The fraction of sp³-hybridized carbons (Fsp3) is 0.391. The van der Waals surface area contributed by atoms with Crippen molar-refractivity contribution in [3.63, 3.8) is 0 Å². The molecule has 33 heavy (non-hydrogen) atoms. The summed E-state index contributed by atoms with van der Waals surface area (Å²) < 4.78 is 27.7. The number of hydrogen-bond acceptors (Lipinski definition) is 4. The topological polar surface area (TPSA) is 86.8 Å². The molecule has 0 fully saturated rings. The lowest BCUT2D eigenvalue weighted by molar-refractivity contribution is -0.139. The second-order valence-electron chi connectivity index (χ2n) is 8.21. The van der Waals surface area contributed by atoms with Crippen molar-refractivity contribution >= 4 is 59.4 Å². The molecule has 0 aliphatic heterocycles. The highest BCUT2D eigenvalue weighted by Crippen LogP contribution is 2.23. The van der Waals surface area contributed by atoms with E-state index in [0.29, 0.717) is 16.7 Å². The SMILES string of the molecule is CC(C)CNC(=O)C(C)N(Cc1ccc(Br)cc1)C(=O)CN(c1cccc(Br)c1)S(C)(=O)=O. The lowest BCUT2D eigenvalue weighted by Gasteiger charge is -2.31. The minimum Gasteiger partial charge on any atom is -0.354 e. The van der Waals surface area contributed by atoms with Crippen LogP contribution in [0.15, 0.2) is 57.5 Å². The van der Waals surface area contributed by atoms with Gasteiger partial charge >= 0.3 is 0 Å². The van der Waals surface area contributed by atoms with Gasteiger partial charge in [-0.05, 0) is 48.7 Å². The van der Waals surface area contributed by atoms with E-state index in [-0.39, 0.29) is 18.4 Å². The van der Waals surface area contributed by atoms with E-state index in [2.05, 4.69) is 37.2 Å². The number of nitrogens with zero attached hydrogens (tertiary/aromatic N) is 2. The van der Waals surface area contributed by atoms with Crippen LogP contribution in [0.3, 0.4) is 0 Å². The molecule has 0 saturated carbocycles. The summed E-state index contributed by atoms with van der Waals surface area (Å²) in [7, 11) is -3.75. The first-order chi connectivity index (χ1) is 15.4. The molecule has 0 aromatic heterocycles. The van der Waals surface area contributed by atoms with E-state index in [1.54, 1.807) is 31.2 Å². The third-order valence-corrected chi connectivity index (χ3v) is 7.06. The Morgan fingerprint density at radius 2 is 1.64 bits per heavy atom. The number of nitrogens with one attached hydrogen (secondary N) is 1. The third-order valence-electron chi connectivity index (χ3n) is 4.89. The molecular formula is C23H29Br2N3O4S. The number of rotatable bonds is 10. The van der Waals surface area contributed by atoms with Crippen LogP contribution in [-0.4, -0.2) is 50.5 Å². The molecule has 1 unspecified atom stereocenters. The molecule has 10 heteroatoms. The first-order valence-corrected chi connectivity index (χ1v) is 13.9. The van der Waals surface area contributed by atoms with E-state index >= 15 is 0 Å². The van der Waals surface area contributed by atoms with Gasteiger partial charge < -0.3 is 10.2 Å². The summed E-state index contributed by atoms with van der Waals surface area (Å²) in [6.45, 7) is 5.84. The maximum Gasteiger partial charge on any atom is 0.244 e. The minimum atomic E-state index is -3.75. The van der Waals surface area contributed by atoms with Gasteiger partial charge in [0.25, 0.3) is 0 Å². The van der Waals surface area contributed by atoms with E-state index in [0.717, 1.165) is 20.6 Å². The number of anilines is 1. The van der Waals surface area contributed by atoms with Crippen LogP contribution in [0, 0.1) is 5.92 Å². The Kier molecular flexibility index (Phi) is 9.93. The lowest BCUT2D eigenvalue weighted by Crippen LogP contribution is -2.51. The molecule has 1 atom stereocenters. The van der Waals surface area contributed by atoms with Crippen LogP contribution < -0.4 is 9.62 Å². The number of sulfonamides is 1. The van der Waals surface area contributed by atoms with Crippen LogP contribution in [-0.2, 0) is 26.2 Å². The van der Waals surface area contributed by atoms with Gasteiger partial charge in [0.15, 0.2) is 0 Å². The molecule has 2 aromatic carbocycles. The van der Waals surface area contributed by atoms with Gasteiger partial charge in [-0.25, -0.2) is 8.42 Å². The second kappa shape index (κ2) is 12.0. The van der Waals surface area contributed by atoms with Crippen LogP contribution in [0.4, 0.5) is 5.69 Å². The normalized spacial score (nSPS) is 12.3. The maximum absolute atomic E-state index is 13.4. The summed E-state index contributed by atoms with van der Waals surface area (Å²) in [4.78, 5) is 27.6. The Morgan fingerprint density at radius 1 is 1.00 bits per heavy atom. The first kappa shape index (κ1) is 27.3. The summed E-state index contributed by atoms with van der Waals surface area (Å²) in [5.74, 6) is -0.507. The number of amides is 2. The fourth-order valence-electron chi connectivity index (χ4n) is 3.07. The third kappa shape index (κ3) is 8.42. The highest BCUT2D eigenvalue weighted by atomic mass is 79.9. The summed E-state index contributed by atoms with van der Waals surface area (Å²) >= 11 is 6.73. The zero-order valence-electron chi connectivity index (χ0n) is 19.1. The molecular weight excluding hydrogens is 574 g/mol. The molecule has 0 saturated heterocycles. The Labute approximate surface area is 212 Å². The van der Waals surface area contributed by atoms with Crippen molar-refractivity contribution in [3.05, 3.63) is 63.0 Å². The highest BCUT2D eigenvalue weighted by Gasteiger charge is 2.30. The molecule has 0 heterocycles. The molecule has 2 rings (SSSR count). The van der Waals surface area contributed by atoms with Crippen molar-refractivity contribution in [3.8, 4) is 0 Å². The van der Waals surface area contributed by atoms with Crippen LogP contribution in [0.25, 0.3) is 0 Å². The van der Waals surface area contributed by atoms with Gasteiger partial charge in [-0.15, -0.1) is 0 Å².